The Labute approximate surface area is 105 Å². The third-order valence-corrected chi connectivity index (χ3v) is 4.01. The highest BCUT2D eigenvalue weighted by atomic mass is 79.9. The van der Waals surface area contributed by atoms with Crippen LogP contribution in [0.2, 0.25) is 0 Å². The van der Waals surface area contributed by atoms with Crippen LogP contribution in [0.5, 0.6) is 0 Å². The molecule has 1 aliphatic rings. The lowest BCUT2D eigenvalue weighted by Gasteiger charge is -2.23. The molecule has 1 aromatic heterocycles. The summed E-state index contributed by atoms with van der Waals surface area (Å²) in [6.07, 6.45) is 8.86. The number of aromatic nitrogens is 1. The van der Waals surface area contributed by atoms with Crippen LogP contribution in [0.15, 0.2) is 16.9 Å². The van der Waals surface area contributed by atoms with Crippen molar-refractivity contribution in [3.05, 3.63) is 16.9 Å². The summed E-state index contributed by atoms with van der Waals surface area (Å²) in [6, 6.07) is 0.475. The average Bonchev–Trinajstić information content (AvgIpc) is 2.76. The van der Waals surface area contributed by atoms with Gasteiger partial charge in [0.05, 0.1) is 22.0 Å². The number of nitrogens with two attached hydrogens (primary N) is 1. The smallest absolute Gasteiger partial charge is 0.0752 e. The van der Waals surface area contributed by atoms with Gasteiger partial charge in [-0.15, -0.1) is 0 Å². The van der Waals surface area contributed by atoms with Crippen LogP contribution in [-0.2, 0) is 0 Å². The van der Waals surface area contributed by atoms with Crippen LogP contribution in [0.4, 0.5) is 11.4 Å². The number of nitrogens with one attached hydrogen (secondary N) is 1. The molecule has 0 radical (unpaired) electrons. The van der Waals surface area contributed by atoms with Gasteiger partial charge in [0, 0.05) is 12.2 Å². The van der Waals surface area contributed by atoms with Crippen LogP contribution in [0.1, 0.15) is 32.6 Å². The minimum absolute atomic E-state index is 0.475. The molecule has 88 valence electrons. The Morgan fingerprint density at radius 2 is 2.12 bits per heavy atom. The predicted molar refractivity (Wildman–Crippen MR) is 71.4 cm³/mol. The van der Waals surface area contributed by atoms with E-state index in [1.165, 1.54) is 25.7 Å². The molecule has 0 bridgehead atoms. The zero-order valence-corrected chi connectivity index (χ0v) is 11.1. The van der Waals surface area contributed by atoms with Crippen molar-refractivity contribution in [3.63, 3.8) is 0 Å². The number of hydrogen-bond acceptors (Lipinski definition) is 3. The first-order chi connectivity index (χ1) is 7.68. The van der Waals surface area contributed by atoms with Crippen molar-refractivity contribution < 1.29 is 0 Å². The molecule has 1 unspecified atom stereocenters. The lowest BCUT2D eigenvalue weighted by Crippen LogP contribution is -2.24. The lowest BCUT2D eigenvalue weighted by molar-refractivity contribution is 0.482. The third-order valence-electron chi connectivity index (χ3n) is 3.41. The van der Waals surface area contributed by atoms with Gasteiger partial charge in [-0.2, -0.15) is 0 Å². The molecule has 0 saturated heterocycles. The van der Waals surface area contributed by atoms with Crippen molar-refractivity contribution in [3.8, 4) is 0 Å². The molecule has 0 aromatic carbocycles. The van der Waals surface area contributed by atoms with Crippen molar-refractivity contribution in [2.75, 3.05) is 11.1 Å². The molecule has 0 aliphatic heterocycles. The first-order valence-corrected chi connectivity index (χ1v) is 6.63. The molecule has 3 N–H and O–H groups in total. The second-order valence-corrected chi connectivity index (χ2v) is 5.42. The molecule has 3 nitrogen and oxygen atoms in total. The van der Waals surface area contributed by atoms with E-state index >= 15 is 0 Å². The van der Waals surface area contributed by atoms with E-state index in [0.29, 0.717) is 11.7 Å². The molecular weight excluding hydrogens is 266 g/mol. The molecular formula is C12H18BrN3. The average molecular weight is 284 g/mol. The maximum atomic E-state index is 5.91. The van der Waals surface area contributed by atoms with Crippen molar-refractivity contribution in [1.82, 2.24) is 4.98 Å². The Hall–Kier alpha value is -0.770. The Balaban J connectivity index is 2.07. The van der Waals surface area contributed by atoms with E-state index in [1.807, 2.05) is 0 Å². The van der Waals surface area contributed by atoms with Crippen molar-refractivity contribution in [1.29, 1.82) is 0 Å². The van der Waals surface area contributed by atoms with Crippen molar-refractivity contribution in [2.45, 2.75) is 38.6 Å². The van der Waals surface area contributed by atoms with Gasteiger partial charge in [-0.05, 0) is 41.6 Å². The summed E-state index contributed by atoms with van der Waals surface area (Å²) < 4.78 is 0.942. The molecule has 1 atom stereocenters. The van der Waals surface area contributed by atoms with Crippen LogP contribution >= 0.6 is 15.9 Å². The second-order valence-electron chi connectivity index (χ2n) is 4.56. The molecule has 16 heavy (non-hydrogen) atoms. The van der Waals surface area contributed by atoms with E-state index in [4.69, 9.17) is 5.73 Å². The van der Waals surface area contributed by atoms with Crippen LogP contribution < -0.4 is 11.1 Å². The molecule has 1 fully saturated rings. The van der Waals surface area contributed by atoms with Crippen LogP contribution in [0, 0.1) is 5.92 Å². The van der Waals surface area contributed by atoms with Crippen LogP contribution in [0.3, 0.4) is 0 Å². The molecule has 4 heteroatoms. The monoisotopic (exact) mass is 283 g/mol. The minimum atomic E-state index is 0.475. The fraction of sp³-hybridized carbons (Fsp3) is 0.583. The first kappa shape index (κ1) is 11.7. The Bertz CT molecular complexity index is 341. The van der Waals surface area contributed by atoms with Gasteiger partial charge in [0.2, 0.25) is 0 Å². The normalized spacial score (nSPS) is 18.6. The topological polar surface area (TPSA) is 50.9 Å². The van der Waals surface area contributed by atoms with Gasteiger partial charge in [0.1, 0.15) is 0 Å². The fourth-order valence-corrected chi connectivity index (χ4v) is 2.87. The molecule has 0 spiro atoms. The van der Waals surface area contributed by atoms with Gasteiger partial charge in [-0.3, -0.25) is 4.98 Å². The number of rotatable bonds is 3. The lowest BCUT2D eigenvalue weighted by atomic mass is 9.99. The highest BCUT2D eigenvalue weighted by Crippen LogP contribution is 2.33. The van der Waals surface area contributed by atoms with Gasteiger partial charge in [-0.1, -0.05) is 12.8 Å². The third kappa shape index (κ3) is 2.48. The summed E-state index contributed by atoms with van der Waals surface area (Å²) in [5.74, 6) is 0.777. The number of anilines is 2. The molecule has 0 amide bonds. The van der Waals surface area contributed by atoms with E-state index in [2.05, 4.69) is 33.2 Å². The number of hydrogen-bond donors (Lipinski definition) is 2. The fourth-order valence-electron chi connectivity index (χ4n) is 2.41. The van der Waals surface area contributed by atoms with Crippen LogP contribution in [-0.4, -0.2) is 11.0 Å². The second kappa shape index (κ2) is 5.04. The molecule has 2 rings (SSSR count). The van der Waals surface area contributed by atoms with Crippen molar-refractivity contribution >= 4 is 27.3 Å². The molecule has 1 aliphatic carbocycles. The van der Waals surface area contributed by atoms with Gasteiger partial charge in [0.15, 0.2) is 0 Å². The first-order valence-electron chi connectivity index (χ1n) is 5.84. The molecule has 1 saturated carbocycles. The highest BCUT2D eigenvalue weighted by molar-refractivity contribution is 9.10. The van der Waals surface area contributed by atoms with Crippen LogP contribution in [0.25, 0.3) is 0 Å². The summed E-state index contributed by atoms with van der Waals surface area (Å²) >= 11 is 3.48. The van der Waals surface area contributed by atoms with Crippen molar-refractivity contribution in [2.24, 2.45) is 5.92 Å². The SMILES string of the molecule is CC(Nc1c(N)cncc1Br)C1CCCC1. The predicted octanol–water partition coefficient (Wildman–Crippen LogP) is 3.42. The zero-order valence-electron chi connectivity index (χ0n) is 9.54. The molecule has 1 aromatic rings. The highest BCUT2D eigenvalue weighted by Gasteiger charge is 2.22. The summed E-state index contributed by atoms with van der Waals surface area (Å²) in [4.78, 5) is 4.04. The van der Waals surface area contributed by atoms with Gasteiger partial charge in [-0.25, -0.2) is 0 Å². The quantitative estimate of drug-likeness (QED) is 0.894. The van der Waals surface area contributed by atoms with E-state index in [1.54, 1.807) is 12.4 Å². The van der Waals surface area contributed by atoms with E-state index in [-0.39, 0.29) is 0 Å². The standard InChI is InChI=1S/C12H18BrN3/c1-8(9-4-2-3-5-9)16-12-10(13)6-15-7-11(12)14/h6-9H,2-5,14H2,1H3,(H,15,16). The number of nitrogen functional groups attached to an aromatic ring is 1. The zero-order chi connectivity index (χ0) is 11.5. The summed E-state index contributed by atoms with van der Waals surface area (Å²) in [7, 11) is 0. The maximum absolute atomic E-state index is 5.91. The van der Waals surface area contributed by atoms with Gasteiger partial charge >= 0.3 is 0 Å². The maximum Gasteiger partial charge on any atom is 0.0752 e. The Morgan fingerprint density at radius 1 is 1.44 bits per heavy atom. The summed E-state index contributed by atoms with van der Waals surface area (Å²) in [5, 5.41) is 3.51. The van der Waals surface area contributed by atoms with E-state index < -0.39 is 0 Å². The Kier molecular flexibility index (Phi) is 3.69. The van der Waals surface area contributed by atoms with Gasteiger partial charge in [0.25, 0.3) is 0 Å². The minimum Gasteiger partial charge on any atom is -0.396 e. The largest absolute Gasteiger partial charge is 0.396 e. The number of nitrogens with zero attached hydrogens (tertiary/aromatic N) is 1. The van der Waals surface area contributed by atoms with Gasteiger partial charge < -0.3 is 11.1 Å². The Morgan fingerprint density at radius 3 is 2.75 bits per heavy atom. The number of pyridine rings is 1. The van der Waals surface area contributed by atoms with E-state index in [0.717, 1.165) is 16.1 Å². The number of halogens is 1. The summed E-state index contributed by atoms with van der Waals surface area (Å²) in [5.41, 5.74) is 7.60. The summed E-state index contributed by atoms with van der Waals surface area (Å²) in [6.45, 7) is 2.24. The molecule has 1 heterocycles. The van der Waals surface area contributed by atoms with E-state index in [9.17, 15) is 0 Å².